The van der Waals surface area contributed by atoms with Crippen molar-refractivity contribution in [1.29, 1.82) is 0 Å². The Labute approximate surface area is 136 Å². The summed E-state index contributed by atoms with van der Waals surface area (Å²) in [6.07, 6.45) is 0.691. The number of carbonyl (C=O) groups is 2. The number of allylic oxidation sites excluding steroid dienone is 1. The maximum Gasteiger partial charge on any atom is 0.334 e. The van der Waals surface area contributed by atoms with Crippen LogP contribution in [0.5, 0.6) is 0 Å². The van der Waals surface area contributed by atoms with Crippen LogP contribution in [0.1, 0.15) is 39.2 Å². The first-order chi connectivity index (χ1) is 10.8. The van der Waals surface area contributed by atoms with Crippen LogP contribution in [0.4, 0.5) is 0 Å². The van der Waals surface area contributed by atoms with E-state index < -0.39 is 22.9 Å². The largest absolute Gasteiger partial charge is 0.479 e. The topological polar surface area (TPSA) is 77.8 Å². The molecule has 1 aliphatic heterocycles. The van der Waals surface area contributed by atoms with E-state index in [-0.39, 0.29) is 5.57 Å². The molecule has 2 rings (SSSR count). The number of carboxylic acids is 2. The van der Waals surface area contributed by atoms with Crippen LogP contribution in [0, 0.1) is 0 Å². The van der Waals surface area contributed by atoms with Crippen LogP contribution in [0.15, 0.2) is 41.6 Å². The Morgan fingerprint density at radius 2 is 1.65 bits per heavy atom. The zero-order valence-electron chi connectivity index (χ0n) is 14.0. The molecule has 0 spiro atoms. The van der Waals surface area contributed by atoms with Crippen molar-refractivity contribution in [3.05, 3.63) is 47.2 Å². The molecule has 2 N–H and O–H groups in total. The van der Waals surface area contributed by atoms with E-state index in [0.29, 0.717) is 18.5 Å². The summed E-state index contributed by atoms with van der Waals surface area (Å²) in [6.45, 7) is 5.35. The van der Waals surface area contributed by atoms with Gasteiger partial charge >= 0.3 is 11.9 Å². The minimum atomic E-state index is -1.32. The molecule has 1 aromatic rings. The molecule has 5 heteroatoms. The first-order valence-corrected chi connectivity index (χ1v) is 7.78. The van der Waals surface area contributed by atoms with E-state index in [0.717, 1.165) is 5.56 Å². The molecule has 23 heavy (non-hydrogen) atoms. The molecule has 1 heterocycles. The van der Waals surface area contributed by atoms with Gasteiger partial charge in [-0.2, -0.15) is 0 Å². The van der Waals surface area contributed by atoms with Crippen LogP contribution in [0.2, 0.25) is 0 Å². The highest BCUT2D eigenvalue weighted by Gasteiger charge is 2.66. The van der Waals surface area contributed by atoms with Crippen LogP contribution in [0.3, 0.4) is 0 Å². The summed E-state index contributed by atoms with van der Waals surface area (Å²) in [4.78, 5) is 26.1. The fraction of sp³-hybridized carbons (Fsp3) is 0.444. The second kappa shape index (κ2) is 5.72. The molecule has 5 nitrogen and oxygen atoms in total. The lowest BCUT2D eigenvalue weighted by Crippen LogP contribution is -2.62. The third-order valence-electron chi connectivity index (χ3n) is 5.45. The summed E-state index contributed by atoms with van der Waals surface area (Å²) in [5.74, 6) is -2.06. The van der Waals surface area contributed by atoms with Gasteiger partial charge in [0.05, 0.1) is 11.0 Å². The predicted molar refractivity (Wildman–Crippen MR) is 87.2 cm³/mol. The van der Waals surface area contributed by atoms with E-state index in [1.807, 2.05) is 37.3 Å². The summed E-state index contributed by atoms with van der Waals surface area (Å²) >= 11 is 0. The molecular formula is C18H23NO4. The maximum absolute atomic E-state index is 12.4. The Morgan fingerprint density at radius 3 is 2.04 bits per heavy atom. The minimum Gasteiger partial charge on any atom is -0.479 e. The number of nitrogens with zero attached hydrogens (tertiary/aromatic N) is 1. The quantitative estimate of drug-likeness (QED) is 0.873. The summed E-state index contributed by atoms with van der Waals surface area (Å²) in [7, 11) is 1.68. The van der Waals surface area contributed by atoms with Gasteiger partial charge in [-0.1, -0.05) is 44.2 Å². The molecule has 0 aliphatic carbocycles. The highest BCUT2D eigenvalue weighted by Crippen LogP contribution is 2.56. The Balaban J connectivity index is 2.95. The molecule has 1 aromatic carbocycles. The van der Waals surface area contributed by atoms with E-state index in [9.17, 15) is 19.8 Å². The monoisotopic (exact) mass is 317 g/mol. The lowest BCUT2D eigenvalue weighted by molar-refractivity contribution is -0.153. The number of carboxylic acid groups (broad SMARTS) is 2. The molecule has 0 amide bonds. The van der Waals surface area contributed by atoms with Gasteiger partial charge in [-0.3, -0.25) is 0 Å². The third-order valence-corrected chi connectivity index (χ3v) is 5.45. The van der Waals surface area contributed by atoms with Crippen LogP contribution < -0.4 is 0 Å². The molecule has 124 valence electrons. The Kier molecular flexibility index (Phi) is 4.24. The molecule has 0 saturated heterocycles. The van der Waals surface area contributed by atoms with E-state index in [2.05, 4.69) is 0 Å². The van der Waals surface area contributed by atoms with Gasteiger partial charge < -0.3 is 15.1 Å². The Morgan fingerprint density at radius 1 is 1.09 bits per heavy atom. The van der Waals surface area contributed by atoms with Crippen molar-refractivity contribution in [3.8, 4) is 0 Å². The van der Waals surface area contributed by atoms with Gasteiger partial charge in [-0.15, -0.1) is 0 Å². The summed E-state index contributed by atoms with van der Waals surface area (Å²) in [5.41, 5.74) is -1.00. The van der Waals surface area contributed by atoms with E-state index in [4.69, 9.17) is 0 Å². The normalized spacial score (nSPS) is 27.4. The van der Waals surface area contributed by atoms with Crippen molar-refractivity contribution in [2.75, 3.05) is 7.05 Å². The summed E-state index contributed by atoms with van der Waals surface area (Å²) < 4.78 is 0. The van der Waals surface area contributed by atoms with Crippen molar-refractivity contribution in [2.24, 2.45) is 0 Å². The fourth-order valence-corrected chi connectivity index (χ4v) is 4.39. The standard InChI is InChI=1S/C18H23NO4/c1-5-17(13-10-8-7-9-11-13)14(15(20)21)12(3)19(4)18(17,6-2)16(22)23/h7-11H,5-6H2,1-4H3,(H,20,21)(H,22,23). The Hall–Kier alpha value is -2.30. The van der Waals surface area contributed by atoms with Crippen LogP contribution >= 0.6 is 0 Å². The van der Waals surface area contributed by atoms with Gasteiger partial charge in [-0.05, 0) is 25.3 Å². The highest BCUT2D eigenvalue weighted by molar-refractivity contribution is 5.97. The van der Waals surface area contributed by atoms with E-state index in [1.54, 1.807) is 25.8 Å². The van der Waals surface area contributed by atoms with Gasteiger partial charge in [0.15, 0.2) is 5.54 Å². The molecule has 0 aromatic heterocycles. The molecule has 2 unspecified atom stereocenters. The first kappa shape index (κ1) is 17.1. The maximum atomic E-state index is 12.4. The molecule has 1 aliphatic rings. The zero-order valence-corrected chi connectivity index (χ0v) is 14.0. The predicted octanol–water partition coefficient (Wildman–Crippen LogP) is 2.87. The molecule has 2 atom stereocenters. The van der Waals surface area contributed by atoms with Crippen molar-refractivity contribution in [1.82, 2.24) is 4.90 Å². The number of likely N-dealkylation sites (N-methyl/N-ethyl adjacent to an activating group) is 1. The number of hydrogen-bond donors (Lipinski definition) is 2. The molecule has 0 bridgehead atoms. The van der Waals surface area contributed by atoms with Gasteiger partial charge in [-0.25, -0.2) is 9.59 Å². The number of hydrogen-bond acceptors (Lipinski definition) is 3. The van der Waals surface area contributed by atoms with Crippen molar-refractivity contribution in [3.63, 3.8) is 0 Å². The SMILES string of the molecule is CCC1(c2ccccc2)C(C(=O)O)=C(C)N(C)C1(CC)C(=O)O. The van der Waals surface area contributed by atoms with E-state index >= 15 is 0 Å². The van der Waals surface area contributed by atoms with Crippen LogP contribution in [0.25, 0.3) is 0 Å². The Bertz CT molecular complexity index is 667. The van der Waals surface area contributed by atoms with Crippen molar-refractivity contribution in [2.45, 2.75) is 44.6 Å². The van der Waals surface area contributed by atoms with Crippen LogP contribution in [-0.4, -0.2) is 39.6 Å². The lowest BCUT2D eigenvalue weighted by Gasteiger charge is -2.47. The van der Waals surface area contributed by atoms with Gasteiger partial charge in [0, 0.05) is 12.7 Å². The number of aliphatic carboxylic acids is 2. The van der Waals surface area contributed by atoms with Gasteiger partial charge in [0.2, 0.25) is 0 Å². The van der Waals surface area contributed by atoms with Gasteiger partial charge in [0.25, 0.3) is 0 Å². The average Bonchev–Trinajstić information content (AvgIpc) is 2.74. The average molecular weight is 317 g/mol. The minimum absolute atomic E-state index is 0.179. The molecule has 0 radical (unpaired) electrons. The van der Waals surface area contributed by atoms with Crippen molar-refractivity contribution < 1.29 is 19.8 Å². The third kappa shape index (κ3) is 1.92. The van der Waals surface area contributed by atoms with Gasteiger partial charge in [0.1, 0.15) is 0 Å². The number of rotatable bonds is 5. The second-order valence-corrected chi connectivity index (χ2v) is 5.97. The lowest BCUT2D eigenvalue weighted by atomic mass is 9.60. The highest BCUT2D eigenvalue weighted by atomic mass is 16.4. The second-order valence-electron chi connectivity index (χ2n) is 5.97. The zero-order chi connectivity index (χ0) is 17.4. The summed E-state index contributed by atoms with van der Waals surface area (Å²) in [6, 6.07) is 9.14. The van der Waals surface area contributed by atoms with Crippen LogP contribution in [-0.2, 0) is 15.0 Å². The molecule has 0 saturated carbocycles. The first-order valence-electron chi connectivity index (χ1n) is 7.78. The molecule has 0 fully saturated rings. The van der Waals surface area contributed by atoms with Crippen molar-refractivity contribution >= 4 is 11.9 Å². The fourth-order valence-electron chi connectivity index (χ4n) is 4.39. The smallest absolute Gasteiger partial charge is 0.334 e. The molecular weight excluding hydrogens is 294 g/mol. The number of benzene rings is 1. The van der Waals surface area contributed by atoms with E-state index in [1.165, 1.54) is 0 Å². The summed E-state index contributed by atoms with van der Waals surface area (Å²) in [5, 5.41) is 20.0.